The van der Waals surface area contributed by atoms with Gasteiger partial charge < -0.3 is 14.8 Å². The number of carbonyl (C=O) groups is 3. The molecule has 3 rings (SSSR count). The van der Waals surface area contributed by atoms with Crippen LogP contribution in [0.5, 0.6) is 0 Å². The van der Waals surface area contributed by atoms with Crippen molar-refractivity contribution in [3.8, 4) is 0 Å². The number of allylic oxidation sites excluding steroid dienone is 3. The van der Waals surface area contributed by atoms with Crippen LogP contribution in [0.3, 0.4) is 0 Å². The van der Waals surface area contributed by atoms with E-state index < -0.39 is 40.6 Å². The van der Waals surface area contributed by atoms with Crippen molar-refractivity contribution in [2.24, 2.45) is 11.8 Å². The predicted octanol–water partition coefficient (Wildman–Crippen LogP) is 3.81. The van der Waals surface area contributed by atoms with Crippen LogP contribution in [0.4, 0.5) is 5.69 Å². The molecule has 1 aromatic rings. The van der Waals surface area contributed by atoms with Gasteiger partial charge >= 0.3 is 11.9 Å². The van der Waals surface area contributed by atoms with Crippen LogP contribution in [0.2, 0.25) is 5.02 Å². The third-order valence-electron chi connectivity index (χ3n) is 5.81. The Hall–Kier alpha value is -3.20. The zero-order chi connectivity index (χ0) is 24.6. The van der Waals surface area contributed by atoms with Crippen LogP contribution >= 0.6 is 11.6 Å². The van der Waals surface area contributed by atoms with Gasteiger partial charge in [0, 0.05) is 29.0 Å². The van der Waals surface area contributed by atoms with Gasteiger partial charge in [0.25, 0.3) is 5.69 Å². The van der Waals surface area contributed by atoms with Crippen LogP contribution in [0.15, 0.2) is 40.7 Å². The van der Waals surface area contributed by atoms with Gasteiger partial charge in [0.05, 0.1) is 23.7 Å². The number of methoxy groups -OCH3 is 1. The molecule has 1 aromatic carbocycles. The number of Topliss-reactive ketones (excluding diaryl/α,β-unsaturated/α-hetero) is 1. The minimum Gasteiger partial charge on any atom is -0.468 e. The lowest BCUT2D eigenvalue weighted by molar-refractivity contribution is -0.384. The molecule has 1 aliphatic heterocycles. The second-order valence-corrected chi connectivity index (χ2v) is 8.86. The average Bonchev–Trinajstić information content (AvgIpc) is 2.72. The highest BCUT2D eigenvalue weighted by Crippen LogP contribution is 2.46. The van der Waals surface area contributed by atoms with E-state index in [1.807, 2.05) is 0 Å². The first-order chi connectivity index (χ1) is 15.5. The summed E-state index contributed by atoms with van der Waals surface area (Å²) in [6.45, 7) is 6.84. The zero-order valence-electron chi connectivity index (χ0n) is 18.9. The lowest BCUT2D eigenvalue weighted by Gasteiger charge is -2.38. The molecule has 2 aliphatic rings. The highest BCUT2D eigenvalue weighted by Gasteiger charge is 2.47. The van der Waals surface area contributed by atoms with Gasteiger partial charge in [0.2, 0.25) is 0 Å². The molecule has 0 fully saturated rings. The molecule has 176 valence electrons. The molecular formula is C23H25ClN2O7. The number of dihydropyridines is 1. The van der Waals surface area contributed by atoms with Crippen molar-refractivity contribution >= 4 is 35.0 Å². The zero-order valence-corrected chi connectivity index (χ0v) is 19.7. The van der Waals surface area contributed by atoms with E-state index in [1.165, 1.54) is 25.3 Å². The number of ether oxygens (including phenoxy) is 2. The summed E-state index contributed by atoms with van der Waals surface area (Å²) in [6.07, 6.45) is -0.0741. The highest BCUT2D eigenvalue weighted by molar-refractivity contribution is 6.32. The van der Waals surface area contributed by atoms with E-state index in [-0.39, 0.29) is 27.8 Å². The molecule has 0 radical (unpaired) electrons. The lowest BCUT2D eigenvalue weighted by Crippen LogP contribution is -2.43. The van der Waals surface area contributed by atoms with Crippen molar-refractivity contribution in [3.05, 3.63) is 61.4 Å². The maximum Gasteiger partial charge on any atom is 0.337 e. The number of benzene rings is 1. The fourth-order valence-electron chi connectivity index (χ4n) is 4.41. The summed E-state index contributed by atoms with van der Waals surface area (Å²) < 4.78 is 10.3. The Morgan fingerprint density at radius 3 is 2.55 bits per heavy atom. The van der Waals surface area contributed by atoms with Gasteiger partial charge in [-0.05, 0) is 44.7 Å². The van der Waals surface area contributed by atoms with Crippen molar-refractivity contribution < 1.29 is 28.8 Å². The first-order valence-electron chi connectivity index (χ1n) is 10.5. The molecule has 1 N–H and O–H groups in total. The van der Waals surface area contributed by atoms with Crippen LogP contribution in [-0.2, 0) is 23.9 Å². The fourth-order valence-corrected chi connectivity index (χ4v) is 4.60. The van der Waals surface area contributed by atoms with Crippen LogP contribution in [0, 0.1) is 22.0 Å². The Bertz CT molecular complexity index is 1110. The monoisotopic (exact) mass is 476 g/mol. The molecule has 0 spiro atoms. The second kappa shape index (κ2) is 9.35. The first-order valence-corrected chi connectivity index (χ1v) is 10.8. The summed E-state index contributed by atoms with van der Waals surface area (Å²) in [5, 5.41) is 14.6. The third kappa shape index (κ3) is 4.50. The van der Waals surface area contributed by atoms with Gasteiger partial charge in [-0.2, -0.15) is 0 Å². The quantitative estimate of drug-likeness (QED) is 0.294. The molecule has 33 heavy (non-hydrogen) atoms. The van der Waals surface area contributed by atoms with Crippen molar-refractivity contribution in [2.75, 3.05) is 7.11 Å². The van der Waals surface area contributed by atoms with Gasteiger partial charge in [-0.1, -0.05) is 24.6 Å². The largest absolute Gasteiger partial charge is 0.468 e. The molecule has 0 unspecified atom stereocenters. The van der Waals surface area contributed by atoms with Crippen molar-refractivity contribution in [1.82, 2.24) is 5.32 Å². The summed E-state index contributed by atoms with van der Waals surface area (Å²) in [4.78, 5) is 50.0. The van der Waals surface area contributed by atoms with Crippen LogP contribution in [-0.4, -0.2) is 35.9 Å². The van der Waals surface area contributed by atoms with E-state index >= 15 is 0 Å². The topological polar surface area (TPSA) is 125 Å². The predicted molar refractivity (Wildman–Crippen MR) is 119 cm³/mol. The van der Waals surface area contributed by atoms with Crippen molar-refractivity contribution in [1.29, 1.82) is 0 Å². The SMILES string of the molecule is COC(=O)[C@H]1C(=O)C2=C(C[C@H]1C)NC(C)=C(C(=O)OC(C)C)[C@H]2c1ccc(Cl)c([N+](=O)[O-])c1. The number of esters is 2. The standard InChI is InChI=1S/C23H25ClN2O7/c1-10(2)33-23(29)18-12(4)25-15-8-11(3)17(22(28)32-5)21(27)20(15)19(18)13-6-7-14(24)16(9-13)26(30)31/h6-7,9-11,17,19,25H,8H2,1-5H3/t11-,17-,19-/m1/s1. The number of nitro groups is 1. The number of nitro benzene ring substituents is 1. The molecule has 1 aliphatic carbocycles. The number of nitrogens with one attached hydrogen (secondary N) is 1. The molecule has 10 heteroatoms. The minimum absolute atomic E-state index is 0.0741. The number of hydrogen-bond donors (Lipinski definition) is 1. The molecule has 9 nitrogen and oxygen atoms in total. The van der Waals surface area contributed by atoms with Gasteiger partial charge in [-0.25, -0.2) is 4.79 Å². The first kappa shape index (κ1) is 24.4. The van der Waals surface area contributed by atoms with Crippen LogP contribution in [0.25, 0.3) is 0 Å². The van der Waals surface area contributed by atoms with E-state index in [0.29, 0.717) is 23.4 Å². The van der Waals surface area contributed by atoms with Gasteiger partial charge in [-0.3, -0.25) is 19.7 Å². The van der Waals surface area contributed by atoms with E-state index in [0.717, 1.165) is 0 Å². The molecular weight excluding hydrogens is 452 g/mol. The Morgan fingerprint density at radius 1 is 1.30 bits per heavy atom. The molecule has 0 bridgehead atoms. The van der Waals surface area contributed by atoms with E-state index in [4.69, 9.17) is 21.1 Å². The summed E-state index contributed by atoms with van der Waals surface area (Å²) in [6, 6.07) is 4.13. The smallest absolute Gasteiger partial charge is 0.337 e. The van der Waals surface area contributed by atoms with Gasteiger partial charge in [-0.15, -0.1) is 0 Å². The average molecular weight is 477 g/mol. The fraction of sp³-hybridized carbons (Fsp3) is 0.435. The molecule has 0 saturated carbocycles. The summed E-state index contributed by atoms with van der Waals surface area (Å²) >= 11 is 6.00. The third-order valence-corrected chi connectivity index (χ3v) is 6.13. The van der Waals surface area contributed by atoms with Gasteiger partial charge in [0.1, 0.15) is 10.9 Å². The Morgan fingerprint density at radius 2 is 1.97 bits per heavy atom. The number of hydrogen-bond acceptors (Lipinski definition) is 8. The van der Waals surface area contributed by atoms with Crippen molar-refractivity contribution in [2.45, 2.75) is 46.1 Å². The molecule has 0 amide bonds. The van der Waals surface area contributed by atoms with E-state index in [2.05, 4.69) is 5.32 Å². The molecule has 1 heterocycles. The van der Waals surface area contributed by atoms with Gasteiger partial charge in [0.15, 0.2) is 5.78 Å². The maximum absolute atomic E-state index is 13.6. The highest BCUT2D eigenvalue weighted by atomic mass is 35.5. The van der Waals surface area contributed by atoms with Crippen LogP contribution < -0.4 is 5.32 Å². The molecule has 3 atom stereocenters. The lowest BCUT2D eigenvalue weighted by atomic mass is 9.69. The Balaban J connectivity index is 2.25. The number of carbonyl (C=O) groups excluding carboxylic acids is 3. The summed E-state index contributed by atoms with van der Waals surface area (Å²) in [5.74, 6) is -4.19. The number of rotatable bonds is 5. The van der Waals surface area contributed by atoms with E-state index in [9.17, 15) is 24.5 Å². The minimum atomic E-state index is -1.05. The Kier molecular flexibility index (Phi) is 6.92. The summed E-state index contributed by atoms with van der Waals surface area (Å²) in [5.41, 5.74) is 1.34. The van der Waals surface area contributed by atoms with E-state index in [1.54, 1.807) is 27.7 Å². The molecule has 0 saturated heterocycles. The maximum atomic E-state index is 13.6. The number of halogens is 1. The summed E-state index contributed by atoms with van der Waals surface area (Å²) in [7, 11) is 1.21. The Labute approximate surface area is 195 Å². The number of nitrogens with zero attached hydrogens (tertiary/aromatic N) is 1. The molecule has 0 aromatic heterocycles. The van der Waals surface area contributed by atoms with Crippen molar-refractivity contribution in [3.63, 3.8) is 0 Å². The normalized spacial score (nSPS) is 22.6. The van der Waals surface area contributed by atoms with Crippen LogP contribution in [0.1, 0.15) is 45.6 Å². The number of ketones is 1. The second-order valence-electron chi connectivity index (χ2n) is 8.46.